The van der Waals surface area contributed by atoms with E-state index in [1.807, 2.05) is 18.2 Å². The van der Waals surface area contributed by atoms with Crippen molar-refractivity contribution in [3.8, 4) is 0 Å². The molecule has 22 heavy (non-hydrogen) atoms. The Hall–Kier alpha value is -1.59. The number of nitrogens with one attached hydrogen (secondary N) is 1. The summed E-state index contributed by atoms with van der Waals surface area (Å²) in [5.41, 5.74) is 8.13. The van der Waals surface area contributed by atoms with Crippen molar-refractivity contribution in [1.29, 1.82) is 0 Å². The number of anilines is 2. The van der Waals surface area contributed by atoms with Crippen molar-refractivity contribution in [3.63, 3.8) is 0 Å². The van der Waals surface area contributed by atoms with E-state index in [2.05, 4.69) is 16.3 Å². The summed E-state index contributed by atoms with van der Waals surface area (Å²) in [7, 11) is 0. The summed E-state index contributed by atoms with van der Waals surface area (Å²) >= 11 is 0. The SMILES string of the molecule is NC(C(=O)Nc1cccc(N2CCCC2)c1)C1CCOCC1. The van der Waals surface area contributed by atoms with Crippen molar-refractivity contribution in [2.75, 3.05) is 36.5 Å². The molecular weight excluding hydrogens is 278 g/mol. The van der Waals surface area contributed by atoms with Crippen LogP contribution in [0.5, 0.6) is 0 Å². The number of ether oxygens (including phenoxy) is 1. The van der Waals surface area contributed by atoms with Gasteiger partial charge in [0, 0.05) is 37.7 Å². The zero-order valence-corrected chi connectivity index (χ0v) is 13.0. The van der Waals surface area contributed by atoms with Crippen LogP contribution in [0.3, 0.4) is 0 Å². The number of hydrogen-bond acceptors (Lipinski definition) is 4. The molecule has 0 saturated carbocycles. The maximum atomic E-state index is 12.4. The van der Waals surface area contributed by atoms with Gasteiger partial charge in [-0.15, -0.1) is 0 Å². The first-order valence-electron chi connectivity index (χ1n) is 8.23. The number of nitrogens with two attached hydrogens (primary N) is 1. The molecule has 0 bridgehead atoms. The van der Waals surface area contributed by atoms with Crippen molar-refractivity contribution in [3.05, 3.63) is 24.3 Å². The smallest absolute Gasteiger partial charge is 0.241 e. The molecule has 1 amide bonds. The van der Waals surface area contributed by atoms with E-state index in [9.17, 15) is 4.79 Å². The zero-order chi connectivity index (χ0) is 15.4. The predicted molar refractivity (Wildman–Crippen MR) is 88.0 cm³/mol. The second-order valence-corrected chi connectivity index (χ2v) is 6.21. The van der Waals surface area contributed by atoms with Gasteiger partial charge in [-0.1, -0.05) is 6.07 Å². The molecule has 2 fully saturated rings. The fourth-order valence-electron chi connectivity index (χ4n) is 3.27. The number of hydrogen-bond donors (Lipinski definition) is 2. The molecule has 0 spiro atoms. The van der Waals surface area contributed by atoms with Crippen LogP contribution in [0.2, 0.25) is 0 Å². The van der Waals surface area contributed by atoms with Gasteiger partial charge in [0.25, 0.3) is 0 Å². The Labute approximate surface area is 131 Å². The average molecular weight is 303 g/mol. The molecule has 1 aromatic carbocycles. The molecule has 0 aromatic heterocycles. The standard InChI is InChI=1S/C17H25N3O2/c18-16(13-6-10-22-11-7-13)17(21)19-14-4-3-5-15(12-14)20-8-1-2-9-20/h3-5,12-13,16H,1-2,6-11,18H2,(H,19,21). The molecule has 0 aliphatic carbocycles. The van der Waals surface area contributed by atoms with Crippen LogP contribution < -0.4 is 16.0 Å². The van der Waals surface area contributed by atoms with Gasteiger partial charge >= 0.3 is 0 Å². The van der Waals surface area contributed by atoms with Crippen molar-refractivity contribution in [2.24, 2.45) is 11.7 Å². The predicted octanol–water partition coefficient (Wildman–Crippen LogP) is 1.98. The van der Waals surface area contributed by atoms with Crippen LogP contribution in [0.1, 0.15) is 25.7 Å². The van der Waals surface area contributed by atoms with Crippen LogP contribution in [-0.2, 0) is 9.53 Å². The lowest BCUT2D eigenvalue weighted by atomic mass is 9.92. The highest BCUT2D eigenvalue weighted by Crippen LogP contribution is 2.24. The van der Waals surface area contributed by atoms with Crippen LogP contribution in [-0.4, -0.2) is 38.3 Å². The number of benzene rings is 1. The minimum absolute atomic E-state index is 0.0922. The van der Waals surface area contributed by atoms with Gasteiger partial charge in [-0.05, 0) is 49.8 Å². The van der Waals surface area contributed by atoms with Crippen molar-refractivity contribution >= 4 is 17.3 Å². The third-order valence-electron chi connectivity index (χ3n) is 4.66. The Morgan fingerprint density at radius 2 is 2.00 bits per heavy atom. The lowest BCUT2D eigenvalue weighted by Gasteiger charge is -2.27. The number of rotatable bonds is 4. The summed E-state index contributed by atoms with van der Waals surface area (Å²) in [6.07, 6.45) is 4.21. The van der Waals surface area contributed by atoms with Crippen LogP contribution in [0.25, 0.3) is 0 Å². The fraction of sp³-hybridized carbons (Fsp3) is 0.588. The maximum absolute atomic E-state index is 12.4. The Morgan fingerprint density at radius 1 is 1.27 bits per heavy atom. The van der Waals surface area contributed by atoms with E-state index in [0.29, 0.717) is 13.2 Å². The maximum Gasteiger partial charge on any atom is 0.241 e. The lowest BCUT2D eigenvalue weighted by Crippen LogP contribution is -2.44. The third kappa shape index (κ3) is 3.59. The fourth-order valence-corrected chi connectivity index (χ4v) is 3.27. The number of nitrogens with zero attached hydrogens (tertiary/aromatic N) is 1. The van der Waals surface area contributed by atoms with Gasteiger partial charge in [0.1, 0.15) is 0 Å². The molecule has 2 heterocycles. The Kier molecular flexibility index (Phi) is 4.95. The summed E-state index contributed by atoms with van der Waals surface area (Å²) in [5.74, 6) is 0.126. The van der Waals surface area contributed by atoms with E-state index in [4.69, 9.17) is 10.5 Å². The summed E-state index contributed by atoms with van der Waals surface area (Å²) in [4.78, 5) is 14.7. The minimum atomic E-state index is -0.459. The molecule has 2 saturated heterocycles. The molecule has 5 heteroatoms. The van der Waals surface area contributed by atoms with E-state index in [1.165, 1.54) is 18.5 Å². The number of carbonyl (C=O) groups is 1. The number of carbonyl (C=O) groups excluding carboxylic acids is 1. The lowest BCUT2D eigenvalue weighted by molar-refractivity contribution is -0.119. The summed E-state index contributed by atoms with van der Waals surface area (Å²) in [6.45, 7) is 3.60. The number of amides is 1. The molecular formula is C17H25N3O2. The van der Waals surface area contributed by atoms with E-state index in [0.717, 1.165) is 31.6 Å². The molecule has 120 valence electrons. The normalized spacial score (nSPS) is 20.9. The topological polar surface area (TPSA) is 67.6 Å². The summed E-state index contributed by atoms with van der Waals surface area (Å²) < 4.78 is 5.33. The van der Waals surface area contributed by atoms with Crippen LogP contribution in [0.4, 0.5) is 11.4 Å². The van der Waals surface area contributed by atoms with Gasteiger partial charge in [0.05, 0.1) is 6.04 Å². The van der Waals surface area contributed by atoms with Crippen LogP contribution >= 0.6 is 0 Å². The van der Waals surface area contributed by atoms with Gasteiger partial charge in [-0.25, -0.2) is 0 Å². The van der Waals surface area contributed by atoms with Gasteiger partial charge < -0.3 is 20.7 Å². The highest BCUT2D eigenvalue weighted by atomic mass is 16.5. The van der Waals surface area contributed by atoms with Crippen LogP contribution in [0.15, 0.2) is 24.3 Å². The van der Waals surface area contributed by atoms with Crippen molar-refractivity contribution < 1.29 is 9.53 Å². The molecule has 1 unspecified atom stereocenters. The van der Waals surface area contributed by atoms with Crippen LogP contribution in [0, 0.1) is 5.92 Å². The zero-order valence-electron chi connectivity index (χ0n) is 13.0. The second-order valence-electron chi connectivity index (χ2n) is 6.21. The molecule has 2 aliphatic heterocycles. The molecule has 5 nitrogen and oxygen atoms in total. The third-order valence-corrected chi connectivity index (χ3v) is 4.66. The molecule has 3 rings (SSSR count). The Balaban J connectivity index is 1.61. The Bertz CT molecular complexity index is 508. The van der Waals surface area contributed by atoms with Crippen molar-refractivity contribution in [2.45, 2.75) is 31.7 Å². The first-order valence-corrected chi connectivity index (χ1v) is 8.23. The van der Waals surface area contributed by atoms with Gasteiger partial charge in [-0.3, -0.25) is 4.79 Å². The monoisotopic (exact) mass is 303 g/mol. The highest BCUT2D eigenvalue weighted by molar-refractivity contribution is 5.95. The minimum Gasteiger partial charge on any atom is -0.381 e. The molecule has 1 aromatic rings. The first kappa shape index (κ1) is 15.3. The van der Waals surface area contributed by atoms with E-state index in [-0.39, 0.29) is 11.8 Å². The first-order chi connectivity index (χ1) is 10.7. The largest absolute Gasteiger partial charge is 0.381 e. The molecule has 1 atom stereocenters. The molecule has 2 aliphatic rings. The van der Waals surface area contributed by atoms with Gasteiger partial charge in [0.15, 0.2) is 0 Å². The van der Waals surface area contributed by atoms with E-state index >= 15 is 0 Å². The van der Waals surface area contributed by atoms with Gasteiger partial charge in [0.2, 0.25) is 5.91 Å². The second kappa shape index (κ2) is 7.11. The van der Waals surface area contributed by atoms with E-state index in [1.54, 1.807) is 0 Å². The van der Waals surface area contributed by atoms with E-state index < -0.39 is 6.04 Å². The summed E-state index contributed by atoms with van der Waals surface area (Å²) in [5, 5.41) is 2.97. The highest BCUT2D eigenvalue weighted by Gasteiger charge is 2.26. The molecule has 3 N–H and O–H groups in total. The quantitative estimate of drug-likeness (QED) is 0.892. The molecule has 0 radical (unpaired) electrons. The Morgan fingerprint density at radius 3 is 2.73 bits per heavy atom. The van der Waals surface area contributed by atoms with Crippen molar-refractivity contribution in [1.82, 2.24) is 0 Å². The van der Waals surface area contributed by atoms with Gasteiger partial charge in [-0.2, -0.15) is 0 Å². The summed E-state index contributed by atoms with van der Waals surface area (Å²) in [6, 6.07) is 7.59. The average Bonchev–Trinajstić information content (AvgIpc) is 3.10.